The highest BCUT2D eigenvalue weighted by atomic mass is 35.5. The normalized spacial score (nSPS) is 11.7. The molecule has 0 radical (unpaired) electrons. The SMILES string of the molecule is CCCCCCCCCCCCOC(=O)c1ccc(Cl)c(NC(=O)C(Sc2n[nH]nc2CC(=O)Oc2cccc(NNS(C)(=O)=O)c2)C(=O)c2ccc(OC)cc2)c1. The van der Waals surface area contributed by atoms with Crippen molar-refractivity contribution in [2.75, 3.05) is 30.7 Å². The van der Waals surface area contributed by atoms with Gasteiger partial charge in [-0.05, 0) is 61.0 Å². The van der Waals surface area contributed by atoms with E-state index in [2.05, 4.69) is 37.9 Å². The number of ether oxygens (including phenoxy) is 3. The Morgan fingerprint density at radius 3 is 2.19 bits per heavy atom. The summed E-state index contributed by atoms with van der Waals surface area (Å²) in [4.78, 5) is 55.9. The van der Waals surface area contributed by atoms with Gasteiger partial charge in [-0.3, -0.25) is 14.4 Å². The third-order valence-electron chi connectivity index (χ3n) is 8.61. The highest BCUT2D eigenvalue weighted by molar-refractivity contribution is 8.01. The topological polar surface area (TPSA) is 208 Å². The average molecular weight is 857 g/mol. The zero-order valence-electron chi connectivity index (χ0n) is 32.7. The molecule has 0 saturated heterocycles. The number of methoxy groups -OCH3 is 1. The van der Waals surface area contributed by atoms with E-state index < -0.39 is 45.3 Å². The minimum atomic E-state index is -3.55. The highest BCUT2D eigenvalue weighted by Gasteiger charge is 2.32. The minimum absolute atomic E-state index is 0.0714. The molecule has 1 heterocycles. The van der Waals surface area contributed by atoms with Gasteiger partial charge in [-0.1, -0.05) is 94.1 Å². The van der Waals surface area contributed by atoms with Crippen LogP contribution in [0.4, 0.5) is 11.4 Å². The minimum Gasteiger partial charge on any atom is -0.497 e. The number of hydrazine groups is 1. The van der Waals surface area contributed by atoms with Gasteiger partial charge in [-0.2, -0.15) is 10.3 Å². The van der Waals surface area contributed by atoms with Crippen LogP contribution in [0.5, 0.6) is 11.5 Å². The molecule has 1 aromatic heterocycles. The van der Waals surface area contributed by atoms with Crippen LogP contribution in [0.1, 0.15) is 97.5 Å². The zero-order valence-corrected chi connectivity index (χ0v) is 35.1. The number of amides is 1. The standard InChI is InChI=1S/C40H49ClN6O9S2/c1-4-5-6-7-8-9-10-11-12-13-23-55-40(51)28-19-22-32(41)33(24-28)42-38(50)37(36(49)27-17-20-30(54-2)21-18-27)57-39-34(44-46-45-39)26-35(48)56-31-16-14-15-29(25-31)43-47-58(3,52)53/h14-22,24-25,37,43,47H,4-13,23,26H2,1-3H3,(H,42,50)(H,44,45,46). The number of nitrogens with zero attached hydrogens (tertiary/aromatic N) is 2. The monoisotopic (exact) mass is 856 g/mol. The number of nitrogens with one attached hydrogen (secondary N) is 4. The number of H-pyrrole nitrogens is 1. The van der Waals surface area contributed by atoms with Gasteiger partial charge in [0.1, 0.15) is 22.2 Å². The summed E-state index contributed by atoms with van der Waals surface area (Å²) < 4.78 is 39.0. The summed E-state index contributed by atoms with van der Waals surface area (Å²) in [7, 11) is -2.07. The van der Waals surface area contributed by atoms with E-state index >= 15 is 0 Å². The molecule has 15 nitrogen and oxygen atoms in total. The van der Waals surface area contributed by atoms with Crippen LogP contribution < -0.4 is 25.0 Å². The summed E-state index contributed by atoms with van der Waals surface area (Å²) in [5.74, 6) is -2.11. The first-order chi connectivity index (χ1) is 27.9. The van der Waals surface area contributed by atoms with Crippen LogP contribution in [0, 0.1) is 0 Å². The quantitative estimate of drug-likeness (QED) is 0.00967. The van der Waals surface area contributed by atoms with Crippen molar-refractivity contribution in [2.45, 2.75) is 87.8 Å². The molecule has 0 saturated carbocycles. The van der Waals surface area contributed by atoms with Crippen molar-refractivity contribution in [1.82, 2.24) is 20.2 Å². The van der Waals surface area contributed by atoms with Crippen LogP contribution in [0.25, 0.3) is 0 Å². The van der Waals surface area contributed by atoms with E-state index in [0.29, 0.717) is 11.4 Å². The van der Waals surface area contributed by atoms with E-state index in [0.717, 1.165) is 43.7 Å². The molecular formula is C40H49ClN6O9S2. The van der Waals surface area contributed by atoms with Gasteiger partial charge in [0.2, 0.25) is 15.9 Å². The van der Waals surface area contributed by atoms with Gasteiger partial charge in [-0.15, -0.1) is 9.93 Å². The molecule has 1 unspecified atom stereocenters. The summed E-state index contributed by atoms with van der Waals surface area (Å²) in [5, 5.41) is 12.0. The molecule has 0 aliphatic carbocycles. The van der Waals surface area contributed by atoms with Crippen molar-refractivity contribution in [3.63, 3.8) is 0 Å². The maximum Gasteiger partial charge on any atom is 0.338 e. The lowest BCUT2D eigenvalue weighted by molar-refractivity contribution is -0.133. The summed E-state index contributed by atoms with van der Waals surface area (Å²) >= 11 is 7.20. The van der Waals surface area contributed by atoms with Gasteiger partial charge in [-0.25, -0.2) is 13.2 Å². The Morgan fingerprint density at radius 1 is 0.845 bits per heavy atom. The third-order valence-corrected chi connectivity index (χ3v) is 10.6. The van der Waals surface area contributed by atoms with E-state index in [1.807, 2.05) is 0 Å². The molecule has 312 valence electrons. The first kappa shape index (κ1) is 45.7. The molecule has 0 aliphatic heterocycles. The molecule has 1 atom stereocenters. The second-order valence-corrected chi connectivity index (χ2v) is 16.6. The summed E-state index contributed by atoms with van der Waals surface area (Å²) in [6, 6.07) is 16.5. The van der Waals surface area contributed by atoms with Gasteiger partial charge >= 0.3 is 11.9 Å². The zero-order chi connectivity index (χ0) is 41.9. The van der Waals surface area contributed by atoms with Gasteiger partial charge < -0.3 is 25.0 Å². The number of hydrogen-bond donors (Lipinski definition) is 4. The number of benzene rings is 3. The number of anilines is 2. The summed E-state index contributed by atoms with van der Waals surface area (Å²) in [6.45, 7) is 2.47. The van der Waals surface area contributed by atoms with Gasteiger partial charge in [0.15, 0.2) is 11.0 Å². The molecular weight excluding hydrogens is 808 g/mol. The van der Waals surface area contributed by atoms with Crippen LogP contribution in [0.2, 0.25) is 5.02 Å². The fourth-order valence-corrected chi connectivity index (χ4v) is 7.02. The number of sulfonamides is 1. The molecule has 4 N–H and O–H groups in total. The number of Topliss-reactive ketones (excluding diaryl/α,β-unsaturated/α-hetero) is 1. The lowest BCUT2D eigenvalue weighted by Gasteiger charge is -2.16. The van der Waals surface area contributed by atoms with Crippen LogP contribution >= 0.6 is 23.4 Å². The molecule has 18 heteroatoms. The van der Waals surface area contributed by atoms with Crippen molar-refractivity contribution in [1.29, 1.82) is 0 Å². The largest absolute Gasteiger partial charge is 0.497 e. The van der Waals surface area contributed by atoms with E-state index in [4.69, 9.17) is 25.8 Å². The molecule has 0 spiro atoms. The number of unbranched alkanes of at least 4 members (excludes halogenated alkanes) is 9. The second-order valence-electron chi connectivity index (χ2n) is 13.3. The van der Waals surface area contributed by atoms with Crippen molar-refractivity contribution >= 4 is 68.4 Å². The molecule has 0 aliphatic rings. The molecule has 0 bridgehead atoms. The first-order valence-corrected chi connectivity index (χ1v) is 22.1. The molecule has 3 aromatic carbocycles. The van der Waals surface area contributed by atoms with Crippen LogP contribution in [-0.4, -0.2) is 72.7 Å². The second kappa shape index (κ2) is 23.4. The number of rotatable bonds is 25. The van der Waals surface area contributed by atoms with E-state index in [9.17, 15) is 27.6 Å². The number of hydrogen-bond acceptors (Lipinski definition) is 13. The third kappa shape index (κ3) is 15.4. The number of carbonyl (C=O) groups excluding carboxylic acids is 4. The Labute approximate surface area is 347 Å². The smallest absolute Gasteiger partial charge is 0.338 e. The first-order valence-electron chi connectivity index (χ1n) is 18.9. The van der Waals surface area contributed by atoms with Crippen LogP contribution in [-0.2, 0) is 30.8 Å². The van der Waals surface area contributed by atoms with E-state index in [1.54, 1.807) is 24.3 Å². The molecule has 0 fully saturated rings. The molecule has 4 aromatic rings. The van der Waals surface area contributed by atoms with Crippen LogP contribution in [0.15, 0.2) is 71.8 Å². The highest BCUT2D eigenvalue weighted by Crippen LogP contribution is 2.31. The number of esters is 2. The summed E-state index contributed by atoms with van der Waals surface area (Å²) in [5.41, 5.74) is 3.34. The number of thioether (sulfide) groups is 1. The Morgan fingerprint density at radius 2 is 1.52 bits per heavy atom. The van der Waals surface area contributed by atoms with Crippen molar-refractivity contribution in [3.05, 3.63) is 88.6 Å². The lowest BCUT2D eigenvalue weighted by Crippen LogP contribution is -2.33. The van der Waals surface area contributed by atoms with Crippen molar-refractivity contribution in [2.24, 2.45) is 0 Å². The predicted octanol–water partition coefficient (Wildman–Crippen LogP) is 7.55. The predicted molar refractivity (Wildman–Crippen MR) is 223 cm³/mol. The number of ketones is 1. The maximum absolute atomic E-state index is 14.0. The number of aromatic nitrogens is 3. The van der Waals surface area contributed by atoms with Crippen molar-refractivity contribution < 1.29 is 41.8 Å². The van der Waals surface area contributed by atoms with Gasteiger partial charge in [0, 0.05) is 11.6 Å². The lowest BCUT2D eigenvalue weighted by atomic mass is 10.1. The number of carbonyl (C=O) groups is 4. The van der Waals surface area contributed by atoms with Crippen LogP contribution in [0.3, 0.4) is 0 Å². The number of aromatic amines is 1. The Hall–Kier alpha value is -4.97. The Bertz CT molecular complexity index is 2100. The van der Waals surface area contributed by atoms with E-state index in [-0.39, 0.29) is 44.9 Å². The Balaban J connectivity index is 1.42. The molecule has 4 rings (SSSR count). The molecule has 1 amide bonds. The fraction of sp³-hybridized carbons (Fsp3) is 0.400. The molecule has 58 heavy (non-hydrogen) atoms. The van der Waals surface area contributed by atoms with Crippen molar-refractivity contribution in [3.8, 4) is 11.5 Å². The van der Waals surface area contributed by atoms with Gasteiger partial charge in [0.05, 0.1) is 48.4 Å². The number of halogens is 1. The van der Waals surface area contributed by atoms with Gasteiger partial charge in [0.25, 0.3) is 0 Å². The maximum atomic E-state index is 14.0. The van der Waals surface area contributed by atoms with E-state index in [1.165, 1.54) is 88.1 Å². The average Bonchev–Trinajstić information content (AvgIpc) is 3.64. The summed E-state index contributed by atoms with van der Waals surface area (Å²) in [6.07, 6.45) is 12.1. The Kier molecular flexibility index (Phi) is 18.5. The fourth-order valence-electron chi connectivity index (χ4n) is 5.57.